The monoisotopic (exact) mass is 215 g/mol. The van der Waals surface area contributed by atoms with Crippen molar-refractivity contribution >= 4 is 0 Å². The molecule has 1 N–H and O–H groups in total. The summed E-state index contributed by atoms with van der Waals surface area (Å²) in [4.78, 5) is 0. The van der Waals surface area contributed by atoms with Crippen LogP contribution in [0.1, 0.15) is 64.7 Å². The zero-order chi connectivity index (χ0) is 11.0. The lowest BCUT2D eigenvalue weighted by Gasteiger charge is -2.23. The lowest BCUT2D eigenvalue weighted by Crippen LogP contribution is -2.24. The third-order valence-electron chi connectivity index (χ3n) is 3.46. The Morgan fingerprint density at radius 3 is 2.67 bits per heavy atom. The SMILES string of the molecule is CCCCCCCC1(F)CCCNCC1. The normalized spacial score (nSPS) is 27.6. The fraction of sp³-hybridized carbons (Fsp3) is 1.00. The van der Waals surface area contributed by atoms with Gasteiger partial charge < -0.3 is 5.32 Å². The first-order valence-corrected chi connectivity index (χ1v) is 6.66. The van der Waals surface area contributed by atoms with E-state index >= 15 is 0 Å². The van der Waals surface area contributed by atoms with E-state index in [9.17, 15) is 4.39 Å². The van der Waals surface area contributed by atoms with Crippen molar-refractivity contribution in [1.29, 1.82) is 0 Å². The van der Waals surface area contributed by atoms with E-state index in [1.165, 1.54) is 25.7 Å². The number of alkyl halides is 1. The zero-order valence-corrected chi connectivity index (χ0v) is 10.2. The van der Waals surface area contributed by atoms with Crippen molar-refractivity contribution in [2.75, 3.05) is 13.1 Å². The van der Waals surface area contributed by atoms with Gasteiger partial charge in [0, 0.05) is 0 Å². The Bertz CT molecular complexity index is 151. The highest BCUT2D eigenvalue weighted by Crippen LogP contribution is 2.30. The topological polar surface area (TPSA) is 12.0 Å². The molecule has 1 aliphatic heterocycles. The van der Waals surface area contributed by atoms with Crippen LogP contribution in [-0.4, -0.2) is 18.8 Å². The average Bonchev–Trinajstić information content (AvgIpc) is 2.43. The molecule has 0 aromatic carbocycles. The van der Waals surface area contributed by atoms with E-state index in [0.29, 0.717) is 0 Å². The minimum Gasteiger partial charge on any atom is -0.317 e. The highest BCUT2D eigenvalue weighted by Gasteiger charge is 2.29. The molecule has 2 heteroatoms. The molecule has 90 valence electrons. The van der Waals surface area contributed by atoms with Crippen molar-refractivity contribution in [2.24, 2.45) is 0 Å². The fourth-order valence-corrected chi connectivity index (χ4v) is 2.39. The van der Waals surface area contributed by atoms with Gasteiger partial charge >= 0.3 is 0 Å². The Balaban J connectivity index is 2.11. The van der Waals surface area contributed by atoms with Crippen molar-refractivity contribution in [3.63, 3.8) is 0 Å². The summed E-state index contributed by atoms with van der Waals surface area (Å²) in [6.45, 7) is 4.08. The Morgan fingerprint density at radius 1 is 1.07 bits per heavy atom. The van der Waals surface area contributed by atoms with Crippen LogP contribution in [0.5, 0.6) is 0 Å². The van der Waals surface area contributed by atoms with E-state index in [2.05, 4.69) is 12.2 Å². The van der Waals surface area contributed by atoms with Gasteiger partial charge in [-0.3, -0.25) is 0 Å². The maximum Gasteiger partial charge on any atom is 0.112 e. The molecule has 0 aromatic heterocycles. The van der Waals surface area contributed by atoms with Gasteiger partial charge in [0.1, 0.15) is 5.67 Å². The molecule has 15 heavy (non-hydrogen) atoms. The highest BCUT2D eigenvalue weighted by molar-refractivity contribution is 4.82. The number of nitrogens with one attached hydrogen (secondary N) is 1. The molecule has 1 rings (SSSR count). The maximum atomic E-state index is 14.3. The van der Waals surface area contributed by atoms with Gasteiger partial charge in [-0.1, -0.05) is 39.0 Å². The molecule has 0 aromatic rings. The van der Waals surface area contributed by atoms with Gasteiger partial charge in [0.15, 0.2) is 0 Å². The minimum atomic E-state index is -0.851. The Labute approximate surface area is 93.8 Å². The molecule has 1 fully saturated rings. The molecule has 0 radical (unpaired) electrons. The summed E-state index contributed by atoms with van der Waals surface area (Å²) in [6.07, 6.45) is 9.44. The molecule has 1 nitrogen and oxygen atoms in total. The predicted molar refractivity (Wildman–Crippen MR) is 63.9 cm³/mol. The Hall–Kier alpha value is -0.110. The summed E-state index contributed by atoms with van der Waals surface area (Å²) in [5.74, 6) is 0. The van der Waals surface area contributed by atoms with E-state index < -0.39 is 5.67 Å². The molecule has 1 atom stereocenters. The van der Waals surface area contributed by atoms with Crippen LogP contribution in [0.25, 0.3) is 0 Å². The number of hydrogen-bond acceptors (Lipinski definition) is 1. The highest BCUT2D eigenvalue weighted by atomic mass is 19.1. The van der Waals surface area contributed by atoms with Gasteiger partial charge in [-0.2, -0.15) is 0 Å². The van der Waals surface area contributed by atoms with Crippen LogP contribution in [0.2, 0.25) is 0 Å². The maximum absolute atomic E-state index is 14.3. The smallest absolute Gasteiger partial charge is 0.112 e. The molecule has 0 saturated carbocycles. The van der Waals surface area contributed by atoms with Crippen molar-refractivity contribution in [1.82, 2.24) is 5.32 Å². The molecule has 0 bridgehead atoms. The predicted octanol–water partition coefficient (Wildman–Crippen LogP) is 3.83. The van der Waals surface area contributed by atoms with Gasteiger partial charge in [-0.05, 0) is 38.8 Å². The van der Waals surface area contributed by atoms with E-state index in [-0.39, 0.29) is 0 Å². The van der Waals surface area contributed by atoms with Gasteiger partial charge in [-0.25, -0.2) is 4.39 Å². The molecular weight excluding hydrogens is 189 g/mol. The fourth-order valence-electron chi connectivity index (χ4n) is 2.39. The molecule has 0 amide bonds. The second-order valence-corrected chi connectivity index (χ2v) is 4.92. The molecule has 0 spiro atoms. The second kappa shape index (κ2) is 7.21. The third-order valence-corrected chi connectivity index (χ3v) is 3.46. The van der Waals surface area contributed by atoms with Gasteiger partial charge in [0.05, 0.1) is 0 Å². The Morgan fingerprint density at radius 2 is 1.87 bits per heavy atom. The summed E-state index contributed by atoms with van der Waals surface area (Å²) in [5, 5.41) is 3.27. The quantitative estimate of drug-likeness (QED) is 0.664. The minimum absolute atomic E-state index is 0.723. The molecular formula is C13H26FN. The standard InChI is InChI=1S/C13H26FN/c1-2-3-4-5-6-8-13(14)9-7-11-15-12-10-13/h15H,2-12H2,1H3. The van der Waals surface area contributed by atoms with Crippen LogP contribution in [0, 0.1) is 0 Å². The summed E-state index contributed by atoms with van der Waals surface area (Å²) in [6, 6.07) is 0. The van der Waals surface area contributed by atoms with E-state index in [0.717, 1.165) is 45.2 Å². The number of hydrogen-bond donors (Lipinski definition) is 1. The van der Waals surface area contributed by atoms with Gasteiger partial charge in [0.25, 0.3) is 0 Å². The number of unbranched alkanes of at least 4 members (excludes halogenated alkanes) is 4. The molecule has 1 heterocycles. The lowest BCUT2D eigenvalue weighted by atomic mass is 9.90. The van der Waals surface area contributed by atoms with Crippen molar-refractivity contribution < 1.29 is 4.39 Å². The second-order valence-electron chi connectivity index (χ2n) is 4.92. The first kappa shape index (κ1) is 13.0. The summed E-state index contributed by atoms with van der Waals surface area (Å²) in [5.41, 5.74) is -0.851. The lowest BCUT2D eigenvalue weighted by molar-refractivity contribution is 0.127. The summed E-state index contributed by atoms with van der Waals surface area (Å²) >= 11 is 0. The van der Waals surface area contributed by atoms with Gasteiger partial charge in [-0.15, -0.1) is 0 Å². The largest absolute Gasteiger partial charge is 0.317 e. The van der Waals surface area contributed by atoms with Crippen molar-refractivity contribution in [2.45, 2.75) is 70.4 Å². The summed E-state index contributed by atoms with van der Waals surface area (Å²) < 4.78 is 14.3. The van der Waals surface area contributed by atoms with E-state index in [1.807, 2.05) is 0 Å². The van der Waals surface area contributed by atoms with Crippen LogP contribution in [-0.2, 0) is 0 Å². The number of rotatable bonds is 6. The molecule has 1 saturated heterocycles. The van der Waals surface area contributed by atoms with E-state index in [1.54, 1.807) is 0 Å². The van der Waals surface area contributed by atoms with Crippen LogP contribution in [0.4, 0.5) is 4.39 Å². The van der Waals surface area contributed by atoms with Gasteiger partial charge in [0.2, 0.25) is 0 Å². The van der Waals surface area contributed by atoms with Crippen LogP contribution in [0.15, 0.2) is 0 Å². The zero-order valence-electron chi connectivity index (χ0n) is 10.2. The third kappa shape index (κ3) is 5.50. The Kier molecular flexibility index (Phi) is 6.23. The number of halogens is 1. The van der Waals surface area contributed by atoms with E-state index in [4.69, 9.17) is 0 Å². The van der Waals surface area contributed by atoms with Crippen LogP contribution < -0.4 is 5.32 Å². The molecule has 1 unspecified atom stereocenters. The van der Waals surface area contributed by atoms with Crippen molar-refractivity contribution in [3.05, 3.63) is 0 Å². The van der Waals surface area contributed by atoms with Crippen molar-refractivity contribution in [3.8, 4) is 0 Å². The molecule has 0 aliphatic carbocycles. The summed E-state index contributed by atoms with van der Waals surface area (Å²) in [7, 11) is 0. The first-order valence-electron chi connectivity index (χ1n) is 6.66. The first-order chi connectivity index (χ1) is 7.27. The van der Waals surface area contributed by atoms with Crippen LogP contribution in [0.3, 0.4) is 0 Å². The average molecular weight is 215 g/mol. The molecule has 1 aliphatic rings. The van der Waals surface area contributed by atoms with Crippen LogP contribution >= 0.6 is 0 Å².